The van der Waals surface area contributed by atoms with E-state index in [0.29, 0.717) is 42.5 Å². The lowest BCUT2D eigenvalue weighted by Crippen LogP contribution is -2.30. The highest BCUT2D eigenvalue weighted by atomic mass is 35.5. The number of halogens is 2. The molecule has 4 rings (SSSR count). The minimum absolute atomic E-state index is 0.0497. The summed E-state index contributed by atoms with van der Waals surface area (Å²) in [7, 11) is 1.78. The fourth-order valence-electron chi connectivity index (χ4n) is 5.50. The Morgan fingerprint density at radius 2 is 2.07 bits per heavy atom. The van der Waals surface area contributed by atoms with Crippen LogP contribution in [0.25, 0.3) is 0 Å². The van der Waals surface area contributed by atoms with Crippen LogP contribution in [0.3, 0.4) is 0 Å². The third-order valence-corrected chi connectivity index (χ3v) is 6.84. The number of imidazole rings is 1. The molecule has 0 saturated heterocycles. The molecule has 0 spiro atoms. The van der Waals surface area contributed by atoms with Crippen LogP contribution in [0.2, 0.25) is 5.02 Å². The summed E-state index contributed by atoms with van der Waals surface area (Å²) < 4.78 is 15.1. The maximum Gasteiger partial charge on any atom is 0.274 e. The van der Waals surface area contributed by atoms with Crippen LogP contribution in [0.4, 0.5) is 10.1 Å². The van der Waals surface area contributed by atoms with E-state index in [2.05, 4.69) is 10.3 Å². The molecule has 2 unspecified atom stereocenters. The van der Waals surface area contributed by atoms with Crippen LogP contribution >= 0.6 is 11.6 Å². The SMILES string of the molecule is C[C@H](O)CC1(O)CC2CC(c3ncn(C)c3C(=O)Nc3ccc(F)c(Cl)c3)CC2C1. The van der Waals surface area contributed by atoms with E-state index in [0.717, 1.165) is 18.5 Å². The van der Waals surface area contributed by atoms with Crippen molar-refractivity contribution in [3.63, 3.8) is 0 Å². The van der Waals surface area contributed by atoms with Gasteiger partial charge in [-0.05, 0) is 62.6 Å². The molecule has 3 N–H and O–H groups in total. The summed E-state index contributed by atoms with van der Waals surface area (Å²) in [5.74, 6) is 0.0364. The third kappa shape index (κ3) is 4.11. The zero-order valence-corrected chi connectivity index (χ0v) is 17.9. The first-order chi connectivity index (χ1) is 14.1. The third-order valence-electron chi connectivity index (χ3n) is 6.55. The van der Waals surface area contributed by atoms with Crippen LogP contribution < -0.4 is 5.32 Å². The Labute approximate surface area is 180 Å². The molecule has 2 aliphatic carbocycles. The Bertz CT molecular complexity index is 947. The van der Waals surface area contributed by atoms with Crippen molar-refractivity contribution in [2.45, 2.75) is 56.7 Å². The van der Waals surface area contributed by atoms with Gasteiger partial charge in [0, 0.05) is 25.1 Å². The van der Waals surface area contributed by atoms with Crippen molar-refractivity contribution < 1.29 is 19.4 Å². The van der Waals surface area contributed by atoms with E-state index in [4.69, 9.17) is 11.6 Å². The number of carbonyl (C=O) groups is 1. The molecule has 0 aliphatic heterocycles. The number of hydrogen-bond donors (Lipinski definition) is 3. The molecule has 6 nitrogen and oxygen atoms in total. The fourth-order valence-corrected chi connectivity index (χ4v) is 5.68. The van der Waals surface area contributed by atoms with Gasteiger partial charge in [0.25, 0.3) is 5.91 Å². The van der Waals surface area contributed by atoms with Crippen molar-refractivity contribution in [1.82, 2.24) is 9.55 Å². The van der Waals surface area contributed by atoms with Crippen molar-refractivity contribution in [3.05, 3.63) is 46.8 Å². The summed E-state index contributed by atoms with van der Waals surface area (Å²) >= 11 is 5.82. The Morgan fingerprint density at radius 1 is 1.40 bits per heavy atom. The van der Waals surface area contributed by atoms with Crippen LogP contribution in [0.1, 0.15) is 61.1 Å². The molecule has 0 radical (unpaired) electrons. The number of anilines is 1. The van der Waals surface area contributed by atoms with Crippen LogP contribution in [0.15, 0.2) is 24.5 Å². The molecule has 1 amide bonds. The van der Waals surface area contributed by atoms with Gasteiger partial charge in [-0.2, -0.15) is 0 Å². The zero-order valence-electron chi connectivity index (χ0n) is 17.1. The molecular formula is C22H27ClFN3O3. The first-order valence-electron chi connectivity index (χ1n) is 10.3. The number of aliphatic hydroxyl groups is 2. The van der Waals surface area contributed by atoms with Gasteiger partial charge in [0.2, 0.25) is 0 Å². The normalized spacial score (nSPS) is 29.1. The number of aryl methyl sites for hydroxylation is 1. The van der Waals surface area contributed by atoms with Gasteiger partial charge in [-0.3, -0.25) is 4.79 Å². The minimum Gasteiger partial charge on any atom is -0.393 e. The number of amides is 1. The predicted octanol–water partition coefficient (Wildman–Crippen LogP) is 3.87. The number of benzene rings is 1. The Morgan fingerprint density at radius 3 is 2.67 bits per heavy atom. The lowest BCUT2D eigenvalue weighted by Gasteiger charge is -2.26. The van der Waals surface area contributed by atoms with Crippen LogP contribution in [-0.2, 0) is 7.05 Å². The van der Waals surface area contributed by atoms with Crippen LogP contribution in [0, 0.1) is 17.7 Å². The predicted molar refractivity (Wildman–Crippen MR) is 112 cm³/mol. The molecule has 3 atom stereocenters. The van der Waals surface area contributed by atoms with Gasteiger partial charge in [0.1, 0.15) is 11.5 Å². The standard InChI is InChI=1S/C22H27ClFN3O3/c1-12(28)8-22(30)9-14-5-13(6-15(14)10-22)19-20(27(2)11-25-19)21(29)26-16-3-4-18(24)17(23)7-16/h3-4,7,11-15,28,30H,5-6,8-10H2,1-2H3,(H,26,29)/t12-,13?,14?,15?,22?/m0/s1. The van der Waals surface area contributed by atoms with Gasteiger partial charge in [-0.15, -0.1) is 0 Å². The maximum atomic E-state index is 13.4. The highest BCUT2D eigenvalue weighted by Gasteiger charge is 2.50. The molecule has 162 valence electrons. The van der Waals surface area contributed by atoms with Gasteiger partial charge < -0.3 is 20.1 Å². The van der Waals surface area contributed by atoms with Crippen molar-refractivity contribution in [2.24, 2.45) is 18.9 Å². The number of aromatic nitrogens is 2. The van der Waals surface area contributed by atoms with Crippen molar-refractivity contribution in [2.75, 3.05) is 5.32 Å². The first kappa shape index (κ1) is 21.3. The molecule has 2 saturated carbocycles. The van der Waals surface area contributed by atoms with Crippen molar-refractivity contribution in [1.29, 1.82) is 0 Å². The second-order valence-electron chi connectivity index (χ2n) is 9.05. The average Bonchev–Trinajstić information content (AvgIpc) is 3.28. The maximum absolute atomic E-state index is 13.4. The molecule has 1 heterocycles. The van der Waals surface area contributed by atoms with Crippen molar-refractivity contribution >= 4 is 23.2 Å². The number of fused-ring (bicyclic) bond motifs is 1. The molecule has 2 aromatic rings. The highest BCUT2D eigenvalue weighted by Crippen LogP contribution is 2.55. The molecule has 2 fully saturated rings. The topological polar surface area (TPSA) is 87.4 Å². The minimum atomic E-state index is -0.791. The Hall–Kier alpha value is -1.96. The van der Waals surface area contributed by atoms with Crippen molar-refractivity contribution in [3.8, 4) is 0 Å². The zero-order chi connectivity index (χ0) is 21.6. The summed E-state index contributed by atoms with van der Waals surface area (Å²) in [4.78, 5) is 17.5. The van der Waals surface area contributed by atoms with E-state index in [-0.39, 0.29) is 16.8 Å². The number of nitrogens with zero attached hydrogens (tertiary/aromatic N) is 2. The van der Waals surface area contributed by atoms with E-state index in [1.54, 1.807) is 24.9 Å². The highest BCUT2D eigenvalue weighted by molar-refractivity contribution is 6.31. The summed E-state index contributed by atoms with van der Waals surface area (Å²) in [6, 6.07) is 4.07. The first-order valence-corrected chi connectivity index (χ1v) is 10.7. The van der Waals surface area contributed by atoms with E-state index < -0.39 is 17.5 Å². The molecular weight excluding hydrogens is 409 g/mol. The largest absolute Gasteiger partial charge is 0.393 e. The van der Waals surface area contributed by atoms with Crippen LogP contribution in [-0.4, -0.2) is 37.4 Å². The number of carbonyl (C=O) groups excluding carboxylic acids is 1. The second-order valence-corrected chi connectivity index (χ2v) is 9.45. The van der Waals surface area contributed by atoms with Crippen LogP contribution in [0.5, 0.6) is 0 Å². The molecule has 1 aromatic carbocycles. The molecule has 2 aliphatic rings. The number of rotatable bonds is 5. The number of hydrogen-bond acceptors (Lipinski definition) is 4. The molecule has 0 bridgehead atoms. The van der Waals surface area contributed by atoms with Gasteiger partial charge >= 0.3 is 0 Å². The molecule has 30 heavy (non-hydrogen) atoms. The van der Waals surface area contributed by atoms with E-state index in [9.17, 15) is 19.4 Å². The average molecular weight is 436 g/mol. The van der Waals surface area contributed by atoms with Gasteiger partial charge in [-0.1, -0.05) is 11.6 Å². The summed E-state index contributed by atoms with van der Waals surface area (Å²) in [5, 5.41) is 23.2. The van der Waals surface area contributed by atoms with E-state index >= 15 is 0 Å². The monoisotopic (exact) mass is 435 g/mol. The van der Waals surface area contributed by atoms with Gasteiger partial charge in [-0.25, -0.2) is 9.37 Å². The van der Waals surface area contributed by atoms with Gasteiger partial charge in [0.05, 0.1) is 28.7 Å². The quantitative estimate of drug-likeness (QED) is 0.665. The lowest BCUT2D eigenvalue weighted by molar-refractivity contribution is -0.00707. The number of aliphatic hydroxyl groups excluding tert-OH is 1. The lowest BCUT2D eigenvalue weighted by atomic mass is 9.89. The molecule has 8 heteroatoms. The second kappa shape index (κ2) is 7.94. The van der Waals surface area contributed by atoms with E-state index in [1.165, 1.54) is 18.2 Å². The van der Waals surface area contributed by atoms with E-state index in [1.807, 2.05) is 0 Å². The smallest absolute Gasteiger partial charge is 0.274 e. The fraction of sp³-hybridized carbons (Fsp3) is 0.545. The summed E-state index contributed by atoms with van der Waals surface area (Å²) in [6.45, 7) is 1.71. The summed E-state index contributed by atoms with van der Waals surface area (Å²) in [6.07, 6.45) is 4.62. The molecule has 1 aromatic heterocycles. The number of nitrogens with one attached hydrogen (secondary N) is 1. The Kier molecular flexibility index (Phi) is 5.64. The summed E-state index contributed by atoms with van der Waals surface area (Å²) in [5.41, 5.74) is 0.877. The Balaban J connectivity index is 1.49. The van der Waals surface area contributed by atoms with Gasteiger partial charge in [0.15, 0.2) is 0 Å².